The molecule has 1 aromatic carbocycles. The molecule has 1 aliphatic heterocycles. The molecule has 2 unspecified atom stereocenters. The molecule has 1 fully saturated rings. The Morgan fingerprint density at radius 3 is 2.48 bits per heavy atom. The Hall–Kier alpha value is -0.660. The van der Waals surface area contributed by atoms with Gasteiger partial charge >= 0.3 is 0 Å². The predicted octanol–water partition coefficient (Wildman–Crippen LogP) is 2.19. The zero-order valence-corrected chi connectivity index (χ0v) is 15.4. The van der Waals surface area contributed by atoms with Crippen LogP contribution in [0.25, 0.3) is 0 Å². The normalized spacial score (nSPS) is 22.6. The van der Waals surface area contributed by atoms with Crippen molar-refractivity contribution in [2.24, 2.45) is 5.73 Å². The third-order valence-electron chi connectivity index (χ3n) is 4.29. The van der Waals surface area contributed by atoms with Crippen LogP contribution < -0.4 is 5.73 Å². The van der Waals surface area contributed by atoms with Gasteiger partial charge in [-0.05, 0) is 37.0 Å². The summed E-state index contributed by atoms with van der Waals surface area (Å²) in [4.78, 5) is 0.349. The van der Waals surface area contributed by atoms with Gasteiger partial charge in [0.25, 0.3) is 0 Å². The van der Waals surface area contributed by atoms with Crippen molar-refractivity contribution in [3.05, 3.63) is 29.8 Å². The van der Waals surface area contributed by atoms with Gasteiger partial charge in [0.1, 0.15) is 0 Å². The Labute approximate surface area is 145 Å². The van der Waals surface area contributed by atoms with Crippen molar-refractivity contribution in [2.75, 3.05) is 20.2 Å². The second kappa shape index (κ2) is 8.99. The SMILES string of the molecule is CCCc1ccc(S(=O)(=O)N2CCC(OC)CC2CN)cc1.Cl. The summed E-state index contributed by atoms with van der Waals surface area (Å²) in [5, 5.41) is 0. The Kier molecular flexibility index (Phi) is 7.97. The zero-order valence-electron chi connectivity index (χ0n) is 13.8. The minimum atomic E-state index is -3.49. The number of nitrogens with zero attached hydrogens (tertiary/aromatic N) is 1. The number of piperidine rings is 1. The fourth-order valence-electron chi connectivity index (χ4n) is 2.99. The third-order valence-corrected chi connectivity index (χ3v) is 6.25. The van der Waals surface area contributed by atoms with Gasteiger partial charge in [0, 0.05) is 26.2 Å². The smallest absolute Gasteiger partial charge is 0.243 e. The molecule has 0 saturated carbocycles. The summed E-state index contributed by atoms with van der Waals surface area (Å²) >= 11 is 0. The van der Waals surface area contributed by atoms with E-state index in [1.54, 1.807) is 19.2 Å². The fraction of sp³-hybridized carbons (Fsp3) is 0.625. The molecule has 0 spiro atoms. The number of ether oxygens (including phenoxy) is 1. The lowest BCUT2D eigenvalue weighted by molar-refractivity contribution is 0.0401. The molecule has 0 aliphatic carbocycles. The molecule has 23 heavy (non-hydrogen) atoms. The number of nitrogens with two attached hydrogens (primary N) is 1. The van der Waals surface area contributed by atoms with Gasteiger partial charge in [-0.3, -0.25) is 0 Å². The number of hydrogen-bond acceptors (Lipinski definition) is 4. The third kappa shape index (κ3) is 4.67. The molecule has 2 N–H and O–H groups in total. The van der Waals surface area contributed by atoms with Gasteiger partial charge in [-0.15, -0.1) is 12.4 Å². The summed E-state index contributed by atoms with van der Waals surface area (Å²) in [6.07, 6.45) is 3.46. The minimum Gasteiger partial charge on any atom is -0.381 e. The maximum atomic E-state index is 12.9. The summed E-state index contributed by atoms with van der Waals surface area (Å²) < 4.78 is 32.6. The van der Waals surface area contributed by atoms with E-state index in [9.17, 15) is 8.42 Å². The van der Waals surface area contributed by atoms with Crippen molar-refractivity contribution in [3.8, 4) is 0 Å². The molecular weight excluding hydrogens is 336 g/mol. The van der Waals surface area contributed by atoms with Crippen molar-refractivity contribution in [1.82, 2.24) is 4.31 Å². The summed E-state index contributed by atoms with van der Waals surface area (Å²) in [5.41, 5.74) is 6.95. The van der Waals surface area contributed by atoms with E-state index in [1.165, 1.54) is 4.31 Å². The first-order valence-electron chi connectivity index (χ1n) is 7.86. The molecule has 5 nitrogen and oxygen atoms in total. The summed E-state index contributed by atoms with van der Waals surface area (Å²) in [6, 6.07) is 7.01. The van der Waals surface area contributed by atoms with E-state index in [0.717, 1.165) is 18.4 Å². The van der Waals surface area contributed by atoms with E-state index in [-0.39, 0.29) is 24.6 Å². The van der Waals surface area contributed by atoms with Crippen LogP contribution in [0.15, 0.2) is 29.2 Å². The van der Waals surface area contributed by atoms with E-state index in [4.69, 9.17) is 10.5 Å². The molecule has 0 radical (unpaired) electrons. The van der Waals surface area contributed by atoms with E-state index in [1.807, 2.05) is 12.1 Å². The van der Waals surface area contributed by atoms with Crippen LogP contribution >= 0.6 is 12.4 Å². The average Bonchev–Trinajstić information content (AvgIpc) is 2.55. The molecule has 132 valence electrons. The second-order valence-corrected chi connectivity index (χ2v) is 7.67. The molecule has 0 bridgehead atoms. The highest BCUT2D eigenvalue weighted by molar-refractivity contribution is 7.89. The van der Waals surface area contributed by atoms with Crippen molar-refractivity contribution in [3.63, 3.8) is 0 Å². The van der Waals surface area contributed by atoms with Crippen LogP contribution in [-0.4, -0.2) is 45.1 Å². The minimum absolute atomic E-state index is 0. The standard InChI is InChI=1S/C16H26N2O3S.ClH/c1-3-4-13-5-7-16(8-6-13)22(19,20)18-10-9-15(21-2)11-14(18)12-17;/h5-8,14-15H,3-4,9-12,17H2,1-2H3;1H. The largest absolute Gasteiger partial charge is 0.381 e. The lowest BCUT2D eigenvalue weighted by Gasteiger charge is -2.37. The summed E-state index contributed by atoms with van der Waals surface area (Å²) in [7, 11) is -1.83. The highest BCUT2D eigenvalue weighted by Crippen LogP contribution is 2.26. The van der Waals surface area contributed by atoms with Crippen molar-refractivity contribution in [2.45, 2.75) is 49.6 Å². The lowest BCUT2D eigenvalue weighted by atomic mass is 10.0. The number of aryl methyl sites for hydroxylation is 1. The van der Waals surface area contributed by atoms with Crippen LogP contribution in [0.4, 0.5) is 0 Å². The molecule has 7 heteroatoms. The van der Waals surface area contributed by atoms with E-state index < -0.39 is 10.0 Å². The number of halogens is 1. The number of sulfonamides is 1. The van der Waals surface area contributed by atoms with Crippen LogP contribution in [0, 0.1) is 0 Å². The van der Waals surface area contributed by atoms with Gasteiger partial charge in [0.15, 0.2) is 0 Å². The van der Waals surface area contributed by atoms with E-state index >= 15 is 0 Å². The van der Waals surface area contributed by atoms with Gasteiger partial charge in [-0.25, -0.2) is 8.42 Å². The first-order chi connectivity index (χ1) is 10.5. The second-order valence-electron chi connectivity index (χ2n) is 5.78. The quantitative estimate of drug-likeness (QED) is 0.841. The maximum Gasteiger partial charge on any atom is 0.243 e. The van der Waals surface area contributed by atoms with E-state index in [0.29, 0.717) is 30.8 Å². The molecule has 0 aromatic heterocycles. The predicted molar refractivity (Wildman–Crippen MR) is 94.5 cm³/mol. The topological polar surface area (TPSA) is 72.6 Å². The fourth-order valence-corrected chi connectivity index (χ4v) is 4.65. The van der Waals surface area contributed by atoms with Crippen LogP contribution in [0.5, 0.6) is 0 Å². The summed E-state index contributed by atoms with van der Waals surface area (Å²) in [6.45, 7) is 2.88. The molecule has 1 aromatic rings. The van der Waals surface area contributed by atoms with Gasteiger partial charge in [-0.2, -0.15) is 4.31 Å². The van der Waals surface area contributed by atoms with Gasteiger partial charge < -0.3 is 10.5 Å². The monoisotopic (exact) mass is 362 g/mol. The zero-order chi connectivity index (χ0) is 16.2. The van der Waals surface area contributed by atoms with Gasteiger partial charge in [-0.1, -0.05) is 25.5 Å². The number of rotatable bonds is 6. The van der Waals surface area contributed by atoms with Crippen LogP contribution in [0.1, 0.15) is 31.7 Å². The number of benzene rings is 1. The van der Waals surface area contributed by atoms with Crippen LogP contribution in [-0.2, 0) is 21.2 Å². The van der Waals surface area contributed by atoms with Gasteiger partial charge in [0.05, 0.1) is 11.0 Å². The highest BCUT2D eigenvalue weighted by atomic mass is 35.5. The summed E-state index contributed by atoms with van der Waals surface area (Å²) in [5.74, 6) is 0. The molecule has 2 atom stereocenters. The molecule has 1 saturated heterocycles. The lowest BCUT2D eigenvalue weighted by Crippen LogP contribution is -2.51. The van der Waals surface area contributed by atoms with Gasteiger partial charge in [0.2, 0.25) is 10.0 Å². The van der Waals surface area contributed by atoms with Crippen LogP contribution in [0.2, 0.25) is 0 Å². The number of hydrogen-bond donors (Lipinski definition) is 1. The highest BCUT2D eigenvalue weighted by Gasteiger charge is 2.36. The van der Waals surface area contributed by atoms with Crippen molar-refractivity contribution in [1.29, 1.82) is 0 Å². The Balaban J connectivity index is 0.00000264. The van der Waals surface area contributed by atoms with Crippen molar-refractivity contribution < 1.29 is 13.2 Å². The van der Waals surface area contributed by atoms with Crippen LogP contribution in [0.3, 0.4) is 0 Å². The average molecular weight is 363 g/mol. The Morgan fingerprint density at radius 2 is 1.96 bits per heavy atom. The molecule has 1 heterocycles. The Morgan fingerprint density at radius 1 is 1.30 bits per heavy atom. The van der Waals surface area contributed by atoms with E-state index in [2.05, 4.69) is 6.92 Å². The molecular formula is C16H27ClN2O3S. The first-order valence-corrected chi connectivity index (χ1v) is 9.30. The molecule has 1 aliphatic rings. The molecule has 2 rings (SSSR count). The molecule has 0 amide bonds. The Bertz CT molecular complexity index is 577. The number of methoxy groups -OCH3 is 1. The first kappa shape index (κ1) is 20.4. The maximum absolute atomic E-state index is 12.9. The van der Waals surface area contributed by atoms with Crippen molar-refractivity contribution >= 4 is 22.4 Å².